The lowest BCUT2D eigenvalue weighted by atomic mass is 9.51. The smallest absolute Gasteiger partial charge is 0.315 e. The van der Waals surface area contributed by atoms with Gasteiger partial charge in [-0.3, -0.25) is 14.7 Å². The number of hydrogen-bond donors (Lipinski definition) is 1. The van der Waals surface area contributed by atoms with Gasteiger partial charge >= 0.3 is 5.97 Å². The average Bonchev–Trinajstić information content (AvgIpc) is 3.85. The molecule has 256 valence electrons. The number of allylic oxidation sites excluding steroid dienone is 1. The minimum Gasteiger partial charge on any atom is -0.481 e. The second-order valence-corrected chi connectivity index (χ2v) is 15.8. The van der Waals surface area contributed by atoms with Crippen molar-refractivity contribution in [1.29, 1.82) is 0 Å². The fourth-order valence-electron chi connectivity index (χ4n) is 10.7. The number of carbonyl (C=O) groups excluding carboxylic acids is 1. The summed E-state index contributed by atoms with van der Waals surface area (Å²) < 4.78 is 9.27. The third-order valence-electron chi connectivity index (χ3n) is 13.0. The highest BCUT2D eigenvalue weighted by atomic mass is 16.5. The van der Waals surface area contributed by atoms with Crippen molar-refractivity contribution < 1.29 is 19.4 Å². The molecule has 1 saturated heterocycles. The fourth-order valence-corrected chi connectivity index (χ4v) is 10.7. The molecule has 3 aliphatic carbocycles. The first kappa shape index (κ1) is 34.0. The molecule has 8 unspecified atom stereocenters. The number of carbonyl (C=O) groups is 2. The first-order valence-electron chi connectivity index (χ1n) is 18.2. The van der Waals surface area contributed by atoms with Gasteiger partial charge in [0.1, 0.15) is 17.5 Å². The molecule has 8 nitrogen and oxygen atoms in total. The largest absolute Gasteiger partial charge is 0.481 e. The van der Waals surface area contributed by atoms with E-state index in [0.29, 0.717) is 43.8 Å². The second kappa shape index (κ2) is 13.6. The van der Waals surface area contributed by atoms with Crippen molar-refractivity contribution in [3.63, 3.8) is 0 Å². The van der Waals surface area contributed by atoms with Crippen LogP contribution in [0.4, 0.5) is 0 Å². The van der Waals surface area contributed by atoms with Crippen LogP contribution in [-0.4, -0.2) is 55.5 Å². The second-order valence-electron chi connectivity index (χ2n) is 15.8. The van der Waals surface area contributed by atoms with Gasteiger partial charge in [-0.1, -0.05) is 71.6 Å². The minimum absolute atomic E-state index is 0.0320. The van der Waals surface area contributed by atoms with Crippen molar-refractivity contribution in [2.75, 3.05) is 6.54 Å². The van der Waals surface area contributed by atoms with E-state index in [2.05, 4.69) is 66.2 Å². The van der Waals surface area contributed by atoms with Gasteiger partial charge in [-0.25, -0.2) is 4.98 Å². The lowest BCUT2D eigenvalue weighted by Gasteiger charge is -2.50. The summed E-state index contributed by atoms with van der Waals surface area (Å²) in [4.78, 5) is 39.3. The number of rotatable bonds is 14. The first-order chi connectivity index (χ1) is 22.6. The topological polar surface area (TPSA) is 97.5 Å². The number of fused-ring (bicyclic) bond motifs is 2. The third-order valence-corrected chi connectivity index (χ3v) is 13.0. The number of nitrogens with zero attached hydrogens (tertiary/aromatic N) is 4. The van der Waals surface area contributed by atoms with Crippen molar-refractivity contribution in [1.82, 2.24) is 19.4 Å². The van der Waals surface area contributed by atoms with E-state index in [1.807, 2.05) is 37.8 Å². The van der Waals surface area contributed by atoms with E-state index >= 15 is 0 Å². The van der Waals surface area contributed by atoms with Gasteiger partial charge in [-0.2, -0.15) is 0 Å². The van der Waals surface area contributed by atoms with Gasteiger partial charge < -0.3 is 19.2 Å². The monoisotopic (exact) mass is 644 g/mol. The number of aldehydes is 1. The fraction of sp³-hybridized carbons (Fsp3) is 0.692. The van der Waals surface area contributed by atoms with Gasteiger partial charge in [-0.15, -0.1) is 0 Å². The molecule has 2 aromatic heterocycles. The molecule has 1 aliphatic heterocycles. The van der Waals surface area contributed by atoms with Crippen molar-refractivity contribution in [3.8, 4) is 0 Å². The summed E-state index contributed by atoms with van der Waals surface area (Å²) in [6, 6.07) is 6.03. The molecule has 2 aromatic rings. The zero-order valence-electron chi connectivity index (χ0n) is 29.3. The van der Waals surface area contributed by atoms with Gasteiger partial charge in [0.15, 0.2) is 0 Å². The SMILES string of the molecule is CCCCC1CC(C2C3C=C(C(C)C)C2(C(=O)O)C(C=O)([C@@H]2CC[C@@H](C)C2C)C3)OC1CN(Cc1ccccn1)Cc1nccn1C. The molecule has 3 fully saturated rings. The van der Waals surface area contributed by atoms with E-state index in [4.69, 9.17) is 4.74 Å². The van der Waals surface area contributed by atoms with E-state index in [0.717, 1.165) is 61.9 Å². The summed E-state index contributed by atoms with van der Waals surface area (Å²) in [5.74, 6) is 1.20. The number of ether oxygens (including phenoxy) is 1. The van der Waals surface area contributed by atoms with Crippen LogP contribution in [0.1, 0.15) is 91.1 Å². The normalized spacial score (nSPS) is 36.5. The van der Waals surface area contributed by atoms with E-state index < -0.39 is 16.8 Å². The minimum atomic E-state index is -1.23. The van der Waals surface area contributed by atoms with E-state index in [1.165, 1.54) is 0 Å². The summed E-state index contributed by atoms with van der Waals surface area (Å²) in [7, 11) is 2.03. The quantitative estimate of drug-likeness (QED) is 0.176. The molecule has 4 aliphatic rings. The zero-order chi connectivity index (χ0) is 33.5. The highest BCUT2D eigenvalue weighted by molar-refractivity contribution is 5.89. The average molecular weight is 645 g/mol. The number of aryl methyl sites for hydroxylation is 1. The third kappa shape index (κ3) is 5.71. The Hall–Kier alpha value is -2.84. The lowest BCUT2D eigenvalue weighted by Crippen LogP contribution is -2.56. The van der Waals surface area contributed by atoms with Crippen molar-refractivity contribution in [3.05, 3.63) is 60.0 Å². The molecule has 10 atom stereocenters. The van der Waals surface area contributed by atoms with Crippen LogP contribution in [0.3, 0.4) is 0 Å². The zero-order valence-corrected chi connectivity index (χ0v) is 29.3. The van der Waals surface area contributed by atoms with Crippen molar-refractivity contribution >= 4 is 12.3 Å². The molecule has 0 radical (unpaired) electrons. The molecule has 3 heterocycles. The predicted molar refractivity (Wildman–Crippen MR) is 182 cm³/mol. The number of unbranched alkanes of at least 4 members (excludes halogenated alkanes) is 1. The number of carboxylic acid groups (broad SMARTS) is 1. The van der Waals surface area contributed by atoms with Gasteiger partial charge in [0.05, 0.1) is 24.4 Å². The predicted octanol–water partition coefficient (Wildman–Crippen LogP) is 6.95. The van der Waals surface area contributed by atoms with Crippen LogP contribution in [0, 0.1) is 52.3 Å². The van der Waals surface area contributed by atoms with Crippen molar-refractivity contribution in [2.24, 2.45) is 59.3 Å². The molecule has 0 amide bonds. The maximum atomic E-state index is 14.0. The molecule has 1 N–H and O–H groups in total. The van der Waals surface area contributed by atoms with E-state index in [-0.39, 0.29) is 35.9 Å². The molecule has 0 spiro atoms. The lowest BCUT2D eigenvalue weighted by molar-refractivity contribution is -0.167. The molecule has 2 saturated carbocycles. The number of aromatic nitrogens is 3. The summed E-state index contributed by atoms with van der Waals surface area (Å²) in [6.45, 7) is 13.0. The van der Waals surface area contributed by atoms with E-state index in [1.54, 1.807) is 0 Å². The van der Waals surface area contributed by atoms with Gasteiger partial charge in [0, 0.05) is 50.1 Å². The Morgan fingerprint density at radius 2 is 2.00 bits per heavy atom. The summed E-state index contributed by atoms with van der Waals surface area (Å²) in [5.41, 5.74) is -0.169. The first-order valence-corrected chi connectivity index (χ1v) is 18.2. The Bertz CT molecular complexity index is 1440. The Morgan fingerprint density at radius 1 is 1.19 bits per heavy atom. The maximum Gasteiger partial charge on any atom is 0.315 e. The summed E-state index contributed by atoms with van der Waals surface area (Å²) in [5, 5.41) is 11.5. The van der Waals surface area contributed by atoms with Gasteiger partial charge in [0.25, 0.3) is 0 Å². The highest BCUT2D eigenvalue weighted by Crippen LogP contribution is 2.74. The van der Waals surface area contributed by atoms with Crippen LogP contribution in [-0.2, 0) is 34.5 Å². The van der Waals surface area contributed by atoms with Crippen molar-refractivity contribution in [2.45, 2.75) is 105 Å². The Labute approximate surface area is 281 Å². The standard InChI is InChI=1S/C39H56N4O4/c1-7-8-11-28-19-33(47-34(28)22-43(21-30-12-9-10-15-40-30)23-35-41-16-17-42(35)6)36-29-18-32(25(2)3)39(36,37(45)46)38(20-29,24-44)31-14-13-26(4)27(31)5/h9-10,12,15-18,24-29,31,33-34,36H,7-8,11,13-14,19-23H2,1-6H3,(H,45,46)/t26-,27?,28?,29?,31-,33?,34?,36?,38?,39?/m1/s1. The Balaban J connectivity index is 1.35. The molecule has 2 bridgehead atoms. The highest BCUT2D eigenvalue weighted by Gasteiger charge is 2.77. The molecule has 47 heavy (non-hydrogen) atoms. The number of hydrogen-bond acceptors (Lipinski definition) is 6. The number of pyridine rings is 1. The van der Waals surface area contributed by atoms with Crippen LogP contribution in [0.15, 0.2) is 48.4 Å². The molecule has 0 aromatic carbocycles. The molecule has 8 heteroatoms. The molecule has 6 rings (SSSR count). The molecular formula is C39H56N4O4. The molecular weight excluding hydrogens is 588 g/mol. The van der Waals surface area contributed by atoms with Gasteiger partial charge in [0.2, 0.25) is 0 Å². The van der Waals surface area contributed by atoms with Crippen LogP contribution in [0.25, 0.3) is 0 Å². The number of aliphatic carboxylic acids is 1. The number of carboxylic acids is 1. The van der Waals surface area contributed by atoms with Crippen LogP contribution in [0.5, 0.6) is 0 Å². The number of imidazole rings is 1. The maximum absolute atomic E-state index is 14.0. The Morgan fingerprint density at radius 3 is 2.60 bits per heavy atom. The Kier molecular flexibility index (Phi) is 9.84. The van der Waals surface area contributed by atoms with E-state index in [9.17, 15) is 14.7 Å². The van der Waals surface area contributed by atoms with Crippen LogP contribution >= 0.6 is 0 Å². The summed E-state index contributed by atoms with van der Waals surface area (Å²) >= 11 is 0. The van der Waals surface area contributed by atoms with Crippen LogP contribution in [0.2, 0.25) is 0 Å². The van der Waals surface area contributed by atoms with Crippen LogP contribution < -0.4 is 0 Å². The summed E-state index contributed by atoms with van der Waals surface area (Å²) in [6.07, 6.45) is 15.5. The van der Waals surface area contributed by atoms with Gasteiger partial charge in [-0.05, 0) is 73.3 Å².